The Bertz CT molecular complexity index is 633. The minimum atomic E-state index is -0.485. The molecule has 2 nitrogen and oxygen atoms in total. The Morgan fingerprint density at radius 1 is 1.19 bits per heavy atom. The van der Waals surface area contributed by atoms with Crippen LogP contribution in [0.2, 0.25) is 0 Å². The molecule has 0 saturated heterocycles. The number of aliphatic hydroxyl groups excluding tert-OH is 1. The Labute approximate surface area is 126 Å². The molecule has 0 saturated carbocycles. The van der Waals surface area contributed by atoms with E-state index in [0.717, 1.165) is 24.2 Å². The second-order valence-corrected chi connectivity index (χ2v) is 5.92. The van der Waals surface area contributed by atoms with Crippen molar-refractivity contribution in [2.75, 3.05) is 6.61 Å². The maximum Gasteiger partial charge on any atom is 0.0855 e. The number of rotatable bonds is 3. The number of ether oxygens (including phenoxy) is 1. The van der Waals surface area contributed by atoms with Crippen molar-refractivity contribution in [3.63, 3.8) is 0 Å². The van der Waals surface area contributed by atoms with Gasteiger partial charge in [0.25, 0.3) is 0 Å². The molecule has 1 aliphatic rings. The number of benzene rings is 2. The van der Waals surface area contributed by atoms with Gasteiger partial charge in [0.1, 0.15) is 0 Å². The van der Waals surface area contributed by atoms with Crippen LogP contribution in [-0.4, -0.2) is 11.7 Å². The van der Waals surface area contributed by atoms with Crippen LogP contribution in [0, 0.1) is 13.8 Å². The molecule has 2 atom stereocenters. The highest BCUT2D eigenvalue weighted by Crippen LogP contribution is 2.35. The Morgan fingerprint density at radius 3 is 2.86 bits per heavy atom. The maximum absolute atomic E-state index is 10.6. The van der Waals surface area contributed by atoms with Crippen molar-refractivity contribution < 1.29 is 9.84 Å². The lowest BCUT2D eigenvalue weighted by molar-refractivity contribution is 0.00363. The lowest BCUT2D eigenvalue weighted by Gasteiger charge is -2.28. The summed E-state index contributed by atoms with van der Waals surface area (Å²) in [7, 11) is 0. The molecule has 2 heteroatoms. The number of hydrogen-bond acceptors (Lipinski definition) is 2. The summed E-state index contributed by atoms with van der Waals surface area (Å²) in [6.45, 7) is 4.84. The molecule has 0 radical (unpaired) electrons. The van der Waals surface area contributed by atoms with Crippen molar-refractivity contribution >= 4 is 0 Å². The zero-order valence-corrected chi connectivity index (χ0v) is 12.7. The molecule has 0 aliphatic carbocycles. The van der Waals surface area contributed by atoms with Gasteiger partial charge in [0.05, 0.1) is 18.8 Å². The zero-order chi connectivity index (χ0) is 14.8. The van der Waals surface area contributed by atoms with Crippen molar-refractivity contribution in [1.29, 1.82) is 0 Å². The minimum Gasteiger partial charge on any atom is -0.388 e. The van der Waals surface area contributed by atoms with E-state index in [1.807, 2.05) is 13.0 Å². The van der Waals surface area contributed by atoms with E-state index in [1.165, 1.54) is 16.7 Å². The molecule has 0 aromatic heterocycles. The van der Waals surface area contributed by atoms with Crippen LogP contribution in [0.1, 0.15) is 46.4 Å². The van der Waals surface area contributed by atoms with Crippen LogP contribution < -0.4 is 0 Å². The fourth-order valence-electron chi connectivity index (χ4n) is 3.12. The van der Waals surface area contributed by atoms with Crippen LogP contribution in [0.15, 0.2) is 42.5 Å². The molecule has 0 fully saturated rings. The van der Waals surface area contributed by atoms with Crippen LogP contribution in [0.4, 0.5) is 0 Å². The first-order valence-electron chi connectivity index (χ1n) is 7.60. The maximum atomic E-state index is 10.6. The summed E-state index contributed by atoms with van der Waals surface area (Å²) in [4.78, 5) is 0. The third kappa shape index (κ3) is 3.02. The topological polar surface area (TPSA) is 29.5 Å². The van der Waals surface area contributed by atoms with Gasteiger partial charge in [0, 0.05) is 6.42 Å². The van der Waals surface area contributed by atoms with E-state index < -0.39 is 6.10 Å². The van der Waals surface area contributed by atoms with E-state index in [0.29, 0.717) is 6.42 Å². The second kappa shape index (κ2) is 6.00. The second-order valence-electron chi connectivity index (χ2n) is 5.92. The van der Waals surface area contributed by atoms with E-state index in [-0.39, 0.29) is 6.10 Å². The molecule has 2 aromatic carbocycles. The summed E-state index contributed by atoms with van der Waals surface area (Å²) < 4.78 is 5.91. The quantitative estimate of drug-likeness (QED) is 0.920. The molecule has 2 aromatic rings. The van der Waals surface area contributed by atoms with Gasteiger partial charge < -0.3 is 9.84 Å². The smallest absolute Gasteiger partial charge is 0.0855 e. The van der Waals surface area contributed by atoms with Crippen molar-refractivity contribution in [2.45, 2.75) is 38.9 Å². The van der Waals surface area contributed by atoms with Crippen LogP contribution >= 0.6 is 0 Å². The Hall–Kier alpha value is -1.64. The lowest BCUT2D eigenvalue weighted by Crippen LogP contribution is -2.18. The van der Waals surface area contributed by atoms with Gasteiger partial charge in [-0.3, -0.25) is 0 Å². The van der Waals surface area contributed by atoms with Gasteiger partial charge in [-0.1, -0.05) is 48.0 Å². The number of hydrogen-bond donors (Lipinski definition) is 1. The summed E-state index contributed by atoms with van der Waals surface area (Å²) in [6.07, 6.45) is 1.08. The van der Waals surface area contributed by atoms with Gasteiger partial charge in [-0.15, -0.1) is 0 Å². The predicted molar refractivity (Wildman–Crippen MR) is 84.3 cm³/mol. The van der Waals surface area contributed by atoms with Gasteiger partial charge >= 0.3 is 0 Å². The first-order valence-corrected chi connectivity index (χ1v) is 7.60. The third-order valence-electron chi connectivity index (χ3n) is 4.32. The van der Waals surface area contributed by atoms with Crippen LogP contribution in [-0.2, 0) is 11.2 Å². The average molecular weight is 282 g/mol. The van der Waals surface area contributed by atoms with Crippen LogP contribution in [0.25, 0.3) is 0 Å². The average Bonchev–Trinajstić information content (AvgIpc) is 2.50. The van der Waals surface area contributed by atoms with Crippen molar-refractivity contribution in [3.05, 3.63) is 70.3 Å². The molecule has 3 rings (SSSR count). The predicted octanol–water partition coefficient (Wildman–Crippen LogP) is 4.04. The molecular formula is C19H22O2. The first-order chi connectivity index (χ1) is 10.1. The van der Waals surface area contributed by atoms with Crippen molar-refractivity contribution in [1.82, 2.24) is 0 Å². The van der Waals surface area contributed by atoms with E-state index in [2.05, 4.69) is 43.3 Å². The molecule has 2 unspecified atom stereocenters. The molecule has 21 heavy (non-hydrogen) atoms. The van der Waals surface area contributed by atoms with E-state index in [1.54, 1.807) is 0 Å². The third-order valence-corrected chi connectivity index (χ3v) is 4.32. The Morgan fingerprint density at radius 2 is 2.00 bits per heavy atom. The summed E-state index contributed by atoms with van der Waals surface area (Å²) in [6, 6.07) is 14.6. The highest BCUT2D eigenvalue weighted by atomic mass is 16.5. The molecule has 0 spiro atoms. The van der Waals surface area contributed by atoms with E-state index >= 15 is 0 Å². The lowest BCUT2D eigenvalue weighted by atomic mass is 9.91. The highest BCUT2D eigenvalue weighted by molar-refractivity contribution is 5.34. The summed E-state index contributed by atoms with van der Waals surface area (Å²) in [5.74, 6) is 0. The molecule has 0 bridgehead atoms. The monoisotopic (exact) mass is 282 g/mol. The van der Waals surface area contributed by atoms with Gasteiger partial charge in [-0.2, -0.15) is 0 Å². The Balaban J connectivity index is 1.82. The van der Waals surface area contributed by atoms with Crippen LogP contribution in [0.3, 0.4) is 0 Å². The van der Waals surface area contributed by atoms with Crippen LogP contribution in [0.5, 0.6) is 0 Å². The zero-order valence-electron chi connectivity index (χ0n) is 12.7. The molecular weight excluding hydrogens is 260 g/mol. The molecule has 1 aliphatic heterocycles. The fourth-order valence-corrected chi connectivity index (χ4v) is 3.12. The summed E-state index contributed by atoms with van der Waals surface area (Å²) >= 11 is 0. The SMILES string of the molecule is Cc1ccc(C)c(C(O)CC2OCCc3ccccc32)c1. The standard InChI is InChI=1S/C19H22O2/c1-13-7-8-14(2)17(11-13)18(20)12-19-16-6-4-3-5-15(16)9-10-21-19/h3-8,11,18-20H,9-10,12H2,1-2H3. The van der Waals surface area contributed by atoms with E-state index in [4.69, 9.17) is 4.74 Å². The summed E-state index contributed by atoms with van der Waals surface area (Å²) in [5, 5.41) is 10.6. The minimum absolute atomic E-state index is 0.00939. The number of aliphatic hydroxyl groups is 1. The number of aryl methyl sites for hydroxylation is 2. The Kier molecular flexibility index (Phi) is 4.09. The summed E-state index contributed by atoms with van der Waals surface area (Å²) in [5.41, 5.74) is 5.91. The first kappa shape index (κ1) is 14.3. The van der Waals surface area contributed by atoms with Crippen molar-refractivity contribution in [3.8, 4) is 0 Å². The van der Waals surface area contributed by atoms with Gasteiger partial charge in [0.2, 0.25) is 0 Å². The molecule has 0 amide bonds. The fraction of sp³-hybridized carbons (Fsp3) is 0.368. The highest BCUT2D eigenvalue weighted by Gasteiger charge is 2.24. The van der Waals surface area contributed by atoms with Crippen molar-refractivity contribution in [2.24, 2.45) is 0 Å². The van der Waals surface area contributed by atoms with Gasteiger partial charge in [-0.05, 0) is 42.5 Å². The normalized spacial score (nSPS) is 19.1. The van der Waals surface area contributed by atoms with Gasteiger partial charge in [0.15, 0.2) is 0 Å². The molecule has 1 N–H and O–H groups in total. The largest absolute Gasteiger partial charge is 0.388 e. The number of fused-ring (bicyclic) bond motifs is 1. The van der Waals surface area contributed by atoms with E-state index in [9.17, 15) is 5.11 Å². The van der Waals surface area contributed by atoms with Gasteiger partial charge in [-0.25, -0.2) is 0 Å². The molecule has 110 valence electrons. The molecule has 1 heterocycles.